The number of amides is 1. The van der Waals surface area contributed by atoms with Crippen molar-refractivity contribution in [1.29, 1.82) is 0 Å². The topological polar surface area (TPSA) is 113 Å². The Labute approximate surface area is 131 Å². The molecule has 6 N–H and O–H groups in total. The van der Waals surface area contributed by atoms with Gasteiger partial charge in [0.1, 0.15) is 6.04 Å². The van der Waals surface area contributed by atoms with Gasteiger partial charge in [0.25, 0.3) is 0 Å². The maximum Gasteiger partial charge on any atom is 0.230 e. The Morgan fingerprint density at radius 3 is 2.45 bits per heavy atom. The predicted molar refractivity (Wildman–Crippen MR) is 81.5 cm³/mol. The first kappa shape index (κ1) is 18.1. The summed E-state index contributed by atoms with van der Waals surface area (Å²) in [5, 5.41) is 15.5. The lowest BCUT2D eigenvalue weighted by Gasteiger charge is -2.16. The number of quaternary nitrogens is 2. The van der Waals surface area contributed by atoms with Gasteiger partial charge < -0.3 is 26.3 Å². The molecule has 6 nitrogen and oxygen atoms in total. The Morgan fingerprint density at radius 1 is 1.14 bits per heavy atom. The van der Waals surface area contributed by atoms with Gasteiger partial charge in [0.05, 0.1) is 25.5 Å². The third kappa shape index (κ3) is 7.75. The Kier molecular flexibility index (Phi) is 8.86. The molecule has 0 bridgehead atoms. The standard InChI is InChI=1S/C16H25N3O3/c17-10-6-1-2-7-11-18-14(16(21)22)12-15(20)19-13-8-4-3-5-9-13/h3-5,8-9,14,18H,1-2,6-7,10-12,17H2,(H,19,20)(H,21,22)/p+1/t14-/m1/s1. The Hall–Kier alpha value is -1.92. The van der Waals surface area contributed by atoms with E-state index >= 15 is 0 Å². The van der Waals surface area contributed by atoms with Crippen molar-refractivity contribution >= 4 is 17.6 Å². The van der Waals surface area contributed by atoms with E-state index in [0.717, 1.165) is 32.2 Å². The molecule has 0 heterocycles. The first-order valence-electron chi connectivity index (χ1n) is 7.82. The second-order valence-corrected chi connectivity index (χ2v) is 5.34. The summed E-state index contributed by atoms with van der Waals surface area (Å²) in [5.74, 6) is -1.50. The molecule has 1 amide bonds. The van der Waals surface area contributed by atoms with E-state index in [-0.39, 0.29) is 12.3 Å². The molecule has 0 saturated carbocycles. The molecule has 1 aromatic rings. The van der Waals surface area contributed by atoms with Gasteiger partial charge in [0.2, 0.25) is 5.91 Å². The molecule has 0 spiro atoms. The Bertz CT molecular complexity index is 451. The molecule has 22 heavy (non-hydrogen) atoms. The fourth-order valence-electron chi connectivity index (χ4n) is 2.19. The zero-order valence-corrected chi connectivity index (χ0v) is 12.9. The van der Waals surface area contributed by atoms with E-state index in [1.54, 1.807) is 17.4 Å². The predicted octanol–water partition coefficient (Wildman–Crippen LogP) is -1.50. The number of nitrogens with two attached hydrogens (primary N) is 1. The lowest BCUT2D eigenvalue weighted by atomic mass is 10.1. The van der Waals surface area contributed by atoms with E-state index in [0.29, 0.717) is 12.2 Å². The van der Waals surface area contributed by atoms with Gasteiger partial charge in [-0.25, -0.2) is 0 Å². The molecule has 0 aliphatic carbocycles. The number of aliphatic carboxylic acids is 1. The molecular formula is C16H26N3O3+. The van der Waals surface area contributed by atoms with Gasteiger partial charge in [-0.3, -0.25) is 4.79 Å². The second kappa shape index (κ2) is 10.8. The number of anilines is 1. The van der Waals surface area contributed by atoms with Gasteiger partial charge in [-0.15, -0.1) is 0 Å². The normalized spacial score (nSPS) is 11.9. The third-order valence-electron chi connectivity index (χ3n) is 3.42. The lowest BCUT2D eigenvalue weighted by Crippen LogP contribution is -2.93. The minimum atomic E-state index is -1.19. The van der Waals surface area contributed by atoms with Crippen molar-refractivity contribution in [2.24, 2.45) is 0 Å². The number of carboxylic acid groups (broad SMARTS) is 1. The molecule has 6 heteroatoms. The van der Waals surface area contributed by atoms with Gasteiger partial charge in [-0.2, -0.15) is 0 Å². The van der Waals surface area contributed by atoms with Crippen LogP contribution >= 0.6 is 0 Å². The molecular weight excluding hydrogens is 282 g/mol. The van der Waals surface area contributed by atoms with E-state index < -0.39 is 12.0 Å². The average Bonchev–Trinajstić information content (AvgIpc) is 2.50. The number of benzene rings is 1. The van der Waals surface area contributed by atoms with E-state index in [4.69, 9.17) is 0 Å². The van der Waals surface area contributed by atoms with Crippen molar-refractivity contribution in [3.05, 3.63) is 30.3 Å². The van der Waals surface area contributed by atoms with Crippen LogP contribution in [-0.2, 0) is 9.59 Å². The first-order chi connectivity index (χ1) is 10.6. The van der Waals surface area contributed by atoms with Crippen LogP contribution in [0.3, 0.4) is 0 Å². The van der Waals surface area contributed by atoms with E-state index in [2.05, 4.69) is 11.1 Å². The number of rotatable bonds is 11. The molecule has 0 aliphatic heterocycles. The summed E-state index contributed by atoms with van der Waals surface area (Å²) >= 11 is 0. The van der Waals surface area contributed by atoms with Crippen molar-refractivity contribution in [3.8, 4) is 0 Å². The third-order valence-corrected chi connectivity index (χ3v) is 3.42. The summed E-state index contributed by atoms with van der Waals surface area (Å²) in [6.45, 7) is 1.62. The number of carboxylic acids is 1. The molecule has 0 saturated heterocycles. The Balaban J connectivity index is 2.31. The fourth-order valence-corrected chi connectivity index (χ4v) is 2.19. The molecule has 0 radical (unpaired) electrons. The highest BCUT2D eigenvalue weighted by Crippen LogP contribution is 2.05. The molecule has 0 unspecified atom stereocenters. The smallest absolute Gasteiger partial charge is 0.230 e. The number of para-hydroxylation sites is 1. The summed E-state index contributed by atoms with van der Waals surface area (Å²) in [6.07, 6.45) is 4.12. The number of nitrogens with one attached hydrogen (secondary N) is 1. The minimum absolute atomic E-state index is 0.0872. The average molecular weight is 308 g/mol. The largest absolute Gasteiger partial charge is 0.544 e. The molecule has 0 fully saturated rings. The quantitative estimate of drug-likeness (QED) is 0.432. The number of hydrogen-bond donors (Lipinski definition) is 3. The van der Waals surface area contributed by atoms with E-state index in [9.17, 15) is 14.7 Å². The highest BCUT2D eigenvalue weighted by atomic mass is 16.4. The second-order valence-electron chi connectivity index (χ2n) is 5.34. The van der Waals surface area contributed by atoms with E-state index in [1.807, 2.05) is 18.2 Å². The highest BCUT2D eigenvalue weighted by Gasteiger charge is 2.17. The van der Waals surface area contributed by atoms with Crippen LogP contribution in [0.5, 0.6) is 0 Å². The van der Waals surface area contributed by atoms with Crippen LogP contribution in [0.2, 0.25) is 0 Å². The summed E-state index contributed by atoms with van der Waals surface area (Å²) in [7, 11) is 0. The van der Waals surface area contributed by atoms with Crippen LogP contribution in [0, 0.1) is 0 Å². The maximum absolute atomic E-state index is 11.9. The van der Waals surface area contributed by atoms with Gasteiger partial charge >= 0.3 is 0 Å². The number of carbonyl (C=O) groups is 2. The van der Waals surface area contributed by atoms with Crippen LogP contribution in [-0.4, -0.2) is 31.0 Å². The van der Waals surface area contributed by atoms with Gasteiger partial charge in [0, 0.05) is 5.69 Å². The number of unbranched alkanes of at least 4 members (excludes halogenated alkanes) is 3. The van der Waals surface area contributed by atoms with Gasteiger partial charge in [0.15, 0.2) is 0 Å². The maximum atomic E-state index is 11.9. The fraction of sp³-hybridized carbons (Fsp3) is 0.500. The molecule has 1 aromatic carbocycles. The molecule has 0 aliphatic rings. The van der Waals surface area contributed by atoms with Crippen LogP contribution in [0.15, 0.2) is 30.3 Å². The monoisotopic (exact) mass is 308 g/mol. The van der Waals surface area contributed by atoms with Crippen LogP contribution in [0.4, 0.5) is 5.69 Å². The molecule has 122 valence electrons. The van der Waals surface area contributed by atoms with Crippen molar-refractivity contribution in [1.82, 2.24) is 0 Å². The first-order valence-corrected chi connectivity index (χ1v) is 7.82. The molecule has 1 atom stereocenters. The zero-order valence-electron chi connectivity index (χ0n) is 12.9. The van der Waals surface area contributed by atoms with Crippen LogP contribution < -0.4 is 21.5 Å². The van der Waals surface area contributed by atoms with Crippen molar-refractivity contribution in [3.63, 3.8) is 0 Å². The summed E-state index contributed by atoms with van der Waals surface area (Å²) in [5.41, 5.74) is 4.45. The summed E-state index contributed by atoms with van der Waals surface area (Å²) in [6, 6.07) is 8.16. The number of carbonyl (C=O) groups excluding carboxylic acids is 2. The van der Waals surface area contributed by atoms with Crippen molar-refractivity contribution in [2.75, 3.05) is 18.4 Å². The van der Waals surface area contributed by atoms with Gasteiger partial charge in [-0.05, 0) is 37.8 Å². The van der Waals surface area contributed by atoms with E-state index in [1.165, 1.54) is 0 Å². The van der Waals surface area contributed by atoms with Crippen molar-refractivity contribution in [2.45, 2.75) is 38.1 Å². The number of hydrogen-bond acceptors (Lipinski definition) is 3. The lowest BCUT2D eigenvalue weighted by molar-refractivity contribution is -0.682. The Morgan fingerprint density at radius 2 is 1.82 bits per heavy atom. The van der Waals surface area contributed by atoms with Crippen LogP contribution in [0.25, 0.3) is 0 Å². The molecule has 1 rings (SSSR count). The van der Waals surface area contributed by atoms with Crippen molar-refractivity contribution < 1.29 is 25.7 Å². The summed E-state index contributed by atoms with van der Waals surface area (Å²) in [4.78, 5) is 23.0. The molecule has 0 aromatic heterocycles. The van der Waals surface area contributed by atoms with Gasteiger partial charge in [-0.1, -0.05) is 18.2 Å². The highest BCUT2D eigenvalue weighted by molar-refractivity contribution is 5.93. The summed E-state index contributed by atoms with van der Waals surface area (Å²) < 4.78 is 0. The van der Waals surface area contributed by atoms with Crippen LogP contribution in [0.1, 0.15) is 32.1 Å². The zero-order chi connectivity index (χ0) is 16.2. The SMILES string of the molecule is [NH3+]CCCCCC[NH2+][C@H](CC(=O)Nc1ccccc1)C(=O)[O-]. The minimum Gasteiger partial charge on any atom is -0.544 e.